The smallest absolute Gasteiger partial charge is 0.230 e. The van der Waals surface area contributed by atoms with Gasteiger partial charge in [-0.15, -0.1) is 11.8 Å². The highest BCUT2D eigenvalue weighted by molar-refractivity contribution is 8.00. The minimum atomic E-state index is -0.0622. The number of para-hydroxylation sites is 1. The van der Waals surface area contributed by atoms with Gasteiger partial charge in [-0.3, -0.25) is 4.79 Å². The van der Waals surface area contributed by atoms with Gasteiger partial charge >= 0.3 is 0 Å². The highest BCUT2D eigenvalue weighted by atomic mass is 35.5. The summed E-state index contributed by atoms with van der Waals surface area (Å²) in [7, 11) is 5.60. The van der Waals surface area contributed by atoms with Gasteiger partial charge in [-0.25, -0.2) is 0 Å². The summed E-state index contributed by atoms with van der Waals surface area (Å²) in [5.41, 5.74) is 1.03. The molecule has 1 amide bonds. The lowest BCUT2D eigenvalue weighted by Crippen LogP contribution is -2.35. The van der Waals surface area contributed by atoms with Gasteiger partial charge in [0.2, 0.25) is 5.91 Å². The normalized spacial score (nSPS) is 12.1. The first kappa shape index (κ1) is 20.9. The summed E-state index contributed by atoms with van der Waals surface area (Å²) in [5, 5.41) is 4.17. The molecule has 0 aliphatic rings. The van der Waals surface area contributed by atoms with Crippen LogP contribution in [0, 0.1) is 0 Å². The zero-order chi connectivity index (χ0) is 19.1. The molecule has 2 aromatic rings. The Morgan fingerprint density at radius 1 is 1.23 bits per heavy atom. The number of nitrogens with one attached hydrogen (secondary N) is 1. The van der Waals surface area contributed by atoms with Crippen LogP contribution in [0.5, 0.6) is 5.75 Å². The Bertz CT molecular complexity index is 756. The number of carbonyl (C=O) groups is 1. The first-order chi connectivity index (χ1) is 12.4. The second kappa shape index (κ2) is 10.1. The SMILES string of the molecule is COc1ccccc1C(CNC(=O)CSc1cc(Cl)ccc1Cl)N(C)C. The molecule has 7 heteroatoms. The van der Waals surface area contributed by atoms with Crippen molar-refractivity contribution in [2.24, 2.45) is 0 Å². The molecule has 0 saturated carbocycles. The summed E-state index contributed by atoms with van der Waals surface area (Å²) in [6.45, 7) is 0.482. The zero-order valence-corrected chi connectivity index (χ0v) is 17.3. The maximum absolute atomic E-state index is 12.3. The number of halogens is 2. The molecule has 26 heavy (non-hydrogen) atoms. The zero-order valence-electron chi connectivity index (χ0n) is 15.0. The standard InChI is InChI=1S/C19H22Cl2N2O2S/c1-23(2)16(14-6-4-5-7-17(14)25-3)11-22-19(24)12-26-18-10-13(20)8-9-15(18)21/h4-10,16H,11-12H2,1-3H3,(H,22,24). The molecule has 4 nitrogen and oxygen atoms in total. The van der Waals surface area contributed by atoms with Gasteiger partial charge < -0.3 is 15.0 Å². The molecule has 140 valence electrons. The van der Waals surface area contributed by atoms with Gasteiger partial charge in [-0.2, -0.15) is 0 Å². The van der Waals surface area contributed by atoms with E-state index in [1.807, 2.05) is 38.4 Å². The van der Waals surface area contributed by atoms with Crippen molar-refractivity contribution in [3.05, 3.63) is 58.1 Å². The van der Waals surface area contributed by atoms with Crippen LogP contribution in [0.1, 0.15) is 11.6 Å². The average Bonchev–Trinajstić information content (AvgIpc) is 2.62. The second-order valence-corrected chi connectivity index (χ2v) is 7.75. The van der Waals surface area contributed by atoms with Gasteiger partial charge in [-0.1, -0.05) is 41.4 Å². The van der Waals surface area contributed by atoms with E-state index in [4.69, 9.17) is 27.9 Å². The number of hydrogen-bond acceptors (Lipinski definition) is 4. The van der Waals surface area contributed by atoms with Crippen molar-refractivity contribution in [1.29, 1.82) is 0 Å². The molecule has 2 rings (SSSR count). The molecular weight excluding hydrogens is 391 g/mol. The molecule has 0 aliphatic heterocycles. The number of amides is 1. The molecule has 0 radical (unpaired) electrons. The van der Waals surface area contributed by atoms with E-state index in [9.17, 15) is 4.79 Å². The highest BCUT2D eigenvalue weighted by Gasteiger charge is 2.19. The molecule has 0 fully saturated rings. The van der Waals surface area contributed by atoms with E-state index in [2.05, 4.69) is 10.2 Å². The molecule has 1 atom stereocenters. The van der Waals surface area contributed by atoms with Crippen molar-refractivity contribution >= 4 is 40.9 Å². The lowest BCUT2D eigenvalue weighted by Gasteiger charge is -2.26. The summed E-state index contributed by atoms with van der Waals surface area (Å²) in [6.07, 6.45) is 0. The molecule has 0 aromatic heterocycles. The third kappa shape index (κ3) is 5.81. The highest BCUT2D eigenvalue weighted by Crippen LogP contribution is 2.30. The molecule has 0 saturated heterocycles. The summed E-state index contributed by atoms with van der Waals surface area (Å²) < 4.78 is 5.44. The van der Waals surface area contributed by atoms with Crippen LogP contribution in [-0.2, 0) is 4.79 Å². The number of benzene rings is 2. The van der Waals surface area contributed by atoms with Crippen LogP contribution in [-0.4, -0.2) is 44.3 Å². The topological polar surface area (TPSA) is 41.6 Å². The Hall–Kier alpha value is -1.40. The summed E-state index contributed by atoms with van der Waals surface area (Å²) >= 11 is 13.5. The second-order valence-electron chi connectivity index (χ2n) is 5.89. The maximum atomic E-state index is 12.3. The van der Waals surface area contributed by atoms with Crippen molar-refractivity contribution in [3.63, 3.8) is 0 Å². The Labute approximate surface area is 168 Å². The molecule has 0 bridgehead atoms. The number of carbonyl (C=O) groups excluding carboxylic acids is 1. The molecule has 0 heterocycles. The Morgan fingerprint density at radius 2 is 1.96 bits per heavy atom. The fraction of sp³-hybridized carbons (Fsp3) is 0.316. The van der Waals surface area contributed by atoms with Crippen LogP contribution >= 0.6 is 35.0 Å². The van der Waals surface area contributed by atoms with Gasteiger partial charge in [-0.05, 0) is 38.4 Å². The van der Waals surface area contributed by atoms with Crippen LogP contribution in [0.15, 0.2) is 47.4 Å². The van der Waals surface area contributed by atoms with Crippen LogP contribution < -0.4 is 10.1 Å². The van der Waals surface area contributed by atoms with E-state index in [0.717, 1.165) is 16.2 Å². The predicted molar refractivity (Wildman–Crippen MR) is 110 cm³/mol. The third-order valence-corrected chi connectivity index (χ3v) is 5.60. The van der Waals surface area contributed by atoms with E-state index < -0.39 is 0 Å². The maximum Gasteiger partial charge on any atom is 0.230 e. The summed E-state index contributed by atoms with van der Waals surface area (Å²) in [5.74, 6) is 1.01. The summed E-state index contributed by atoms with van der Waals surface area (Å²) in [4.78, 5) is 15.1. The quantitative estimate of drug-likeness (QED) is 0.647. The number of ether oxygens (including phenoxy) is 1. The molecule has 1 unspecified atom stereocenters. The van der Waals surface area contributed by atoms with Crippen molar-refractivity contribution in [2.75, 3.05) is 33.5 Å². The fourth-order valence-corrected chi connectivity index (χ4v) is 3.83. The van der Waals surface area contributed by atoms with Gasteiger partial charge in [0.05, 0.1) is 23.9 Å². The number of nitrogens with zero attached hydrogens (tertiary/aromatic N) is 1. The van der Waals surface area contributed by atoms with Crippen LogP contribution in [0.25, 0.3) is 0 Å². The van der Waals surface area contributed by atoms with Crippen molar-refractivity contribution < 1.29 is 9.53 Å². The van der Waals surface area contributed by atoms with E-state index in [1.165, 1.54) is 11.8 Å². The fourth-order valence-electron chi connectivity index (χ4n) is 2.51. The predicted octanol–water partition coefficient (Wildman–Crippen LogP) is 4.51. The van der Waals surface area contributed by atoms with Crippen LogP contribution in [0.3, 0.4) is 0 Å². The molecule has 1 N–H and O–H groups in total. The van der Waals surface area contributed by atoms with Gasteiger partial charge in [0, 0.05) is 22.0 Å². The van der Waals surface area contributed by atoms with E-state index in [1.54, 1.807) is 25.3 Å². The van der Waals surface area contributed by atoms with Crippen LogP contribution in [0.2, 0.25) is 10.0 Å². The first-order valence-electron chi connectivity index (χ1n) is 8.06. The lowest BCUT2D eigenvalue weighted by molar-refractivity contribution is -0.118. The van der Waals surface area contributed by atoms with Gasteiger partial charge in [0.15, 0.2) is 0 Å². The van der Waals surface area contributed by atoms with Crippen molar-refractivity contribution in [2.45, 2.75) is 10.9 Å². The Morgan fingerprint density at radius 3 is 2.65 bits per heavy atom. The number of methoxy groups -OCH3 is 1. The Kier molecular flexibility index (Phi) is 8.10. The number of rotatable bonds is 8. The van der Waals surface area contributed by atoms with Crippen molar-refractivity contribution in [1.82, 2.24) is 10.2 Å². The minimum Gasteiger partial charge on any atom is -0.496 e. The Balaban J connectivity index is 1.96. The minimum absolute atomic E-state index is 0.00913. The molecule has 0 aliphatic carbocycles. The van der Waals surface area contributed by atoms with Gasteiger partial charge in [0.25, 0.3) is 0 Å². The van der Waals surface area contributed by atoms with Crippen molar-refractivity contribution in [3.8, 4) is 5.75 Å². The van der Waals surface area contributed by atoms with Crippen LogP contribution in [0.4, 0.5) is 0 Å². The monoisotopic (exact) mass is 412 g/mol. The first-order valence-corrected chi connectivity index (χ1v) is 9.80. The molecule has 0 spiro atoms. The molecular formula is C19H22Cl2N2O2S. The number of likely N-dealkylation sites (N-methyl/N-ethyl adjacent to an activating group) is 1. The van der Waals surface area contributed by atoms with E-state index in [-0.39, 0.29) is 17.7 Å². The number of hydrogen-bond donors (Lipinski definition) is 1. The lowest BCUT2D eigenvalue weighted by atomic mass is 10.0. The van der Waals surface area contributed by atoms with E-state index >= 15 is 0 Å². The summed E-state index contributed by atoms with van der Waals surface area (Å²) in [6, 6.07) is 13.1. The molecule has 2 aromatic carbocycles. The van der Waals surface area contributed by atoms with Gasteiger partial charge in [0.1, 0.15) is 5.75 Å². The average molecular weight is 413 g/mol. The third-order valence-electron chi connectivity index (χ3n) is 3.87. The van der Waals surface area contributed by atoms with E-state index in [0.29, 0.717) is 16.6 Å². The largest absolute Gasteiger partial charge is 0.496 e. The number of thioether (sulfide) groups is 1.